The van der Waals surface area contributed by atoms with Crippen molar-refractivity contribution < 1.29 is 14.1 Å². The van der Waals surface area contributed by atoms with Crippen LogP contribution >= 0.6 is 0 Å². The van der Waals surface area contributed by atoms with Crippen molar-refractivity contribution >= 4 is 22.9 Å². The van der Waals surface area contributed by atoms with Crippen molar-refractivity contribution in [2.24, 2.45) is 5.92 Å². The van der Waals surface area contributed by atoms with Gasteiger partial charge < -0.3 is 14.7 Å². The zero-order chi connectivity index (χ0) is 21.5. The predicted octanol–water partition coefficient (Wildman–Crippen LogP) is 3.78. The van der Waals surface area contributed by atoms with Gasteiger partial charge in [0.25, 0.3) is 17.5 Å². The maximum absolute atomic E-state index is 13.0. The average Bonchev–Trinajstić information content (AvgIpc) is 3.29. The Morgan fingerprint density at radius 2 is 1.97 bits per heavy atom. The highest BCUT2D eigenvalue weighted by atomic mass is 16.5. The van der Waals surface area contributed by atoms with Crippen molar-refractivity contribution in [2.75, 3.05) is 6.54 Å². The second-order valence-corrected chi connectivity index (χ2v) is 8.79. The van der Waals surface area contributed by atoms with E-state index in [-0.39, 0.29) is 17.9 Å². The molecule has 1 fully saturated rings. The summed E-state index contributed by atoms with van der Waals surface area (Å²) in [7, 11) is 0. The topological polar surface area (TPSA) is 88.3 Å². The number of benzene rings is 1. The zero-order valence-corrected chi connectivity index (χ0v) is 17.9. The van der Waals surface area contributed by atoms with Crippen LogP contribution in [0.3, 0.4) is 0 Å². The molecule has 2 amide bonds. The number of rotatable bonds is 4. The summed E-state index contributed by atoms with van der Waals surface area (Å²) in [5.41, 5.74) is 4.34. The molecule has 3 heterocycles. The molecule has 2 aliphatic rings. The van der Waals surface area contributed by atoms with Crippen LogP contribution in [0, 0.1) is 19.8 Å². The number of aromatic nitrogens is 2. The maximum Gasteiger partial charge on any atom is 0.258 e. The van der Waals surface area contributed by atoms with E-state index in [4.69, 9.17) is 4.52 Å². The van der Waals surface area contributed by atoms with Crippen molar-refractivity contribution in [1.82, 2.24) is 20.4 Å². The van der Waals surface area contributed by atoms with E-state index in [2.05, 4.69) is 15.5 Å². The van der Waals surface area contributed by atoms with Crippen LogP contribution in [0.15, 0.2) is 34.9 Å². The van der Waals surface area contributed by atoms with Crippen LogP contribution in [0.25, 0.3) is 11.1 Å². The van der Waals surface area contributed by atoms with Crippen LogP contribution in [-0.4, -0.2) is 39.4 Å². The smallest absolute Gasteiger partial charge is 0.258 e. The summed E-state index contributed by atoms with van der Waals surface area (Å²) in [6, 6.07) is 9.80. The van der Waals surface area contributed by atoms with Crippen molar-refractivity contribution in [3.63, 3.8) is 0 Å². The first kappa shape index (κ1) is 19.7. The second kappa shape index (κ2) is 7.80. The number of aryl methyl sites for hydroxylation is 2. The van der Waals surface area contributed by atoms with Gasteiger partial charge in [-0.3, -0.25) is 9.59 Å². The quantitative estimate of drug-likeness (QED) is 0.697. The SMILES string of the molecule is Cc1cc(C(=O)NC2CCC(CN3Cc4ccccc4C3=O)CC2)c2c(C)noc2n1. The molecule has 7 nitrogen and oxygen atoms in total. The summed E-state index contributed by atoms with van der Waals surface area (Å²) in [6.45, 7) is 5.17. The molecule has 5 rings (SSSR count). The number of nitrogens with one attached hydrogen (secondary N) is 1. The lowest BCUT2D eigenvalue weighted by Gasteiger charge is -2.31. The molecule has 160 valence electrons. The van der Waals surface area contributed by atoms with Gasteiger partial charge in [0.15, 0.2) is 0 Å². The molecule has 1 saturated carbocycles. The standard InChI is InChI=1S/C24H26N4O3/c1-14-11-20(21-15(2)27-31-23(21)25-14)22(29)26-18-9-7-16(8-10-18)12-28-13-17-5-3-4-6-19(17)24(28)30/h3-6,11,16,18H,7-10,12-13H2,1-2H3,(H,26,29). The van der Waals surface area contributed by atoms with Crippen LogP contribution in [0.2, 0.25) is 0 Å². The molecular formula is C24H26N4O3. The van der Waals surface area contributed by atoms with Gasteiger partial charge in [0, 0.05) is 30.4 Å². The molecule has 0 radical (unpaired) electrons. The summed E-state index contributed by atoms with van der Waals surface area (Å²) >= 11 is 0. The number of amides is 2. The third-order valence-corrected chi connectivity index (χ3v) is 6.55. The highest BCUT2D eigenvalue weighted by Gasteiger charge is 2.31. The monoisotopic (exact) mass is 418 g/mol. The van der Waals surface area contributed by atoms with E-state index in [9.17, 15) is 9.59 Å². The van der Waals surface area contributed by atoms with Crippen molar-refractivity contribution in [3.8, 4) is 0 Å². The lowest BCUT2D eigenvalue weighted by Crippen LogP contribution is -2.40. The van der Waals surface area contributed by atoms with E-state index in [0.29, 0.717) is 34.8 Å². The Labute approximate surface area is 180 Å². The molecule has 1 aromatic carbocycles. The van der Waals surface area contributed by atoms with E-state index in [1.165, 1.54) is 0 Å². The van der Waals surface area contributed by atoms with Crippen LogP contribution in [0.5, 0.6) is 0 Å². The highest BCUT2D eigenvalue weighted by molar-refractivity contribution is 6.06. The van der Waals surface area contributed by atoms with Gasteiger partial charge >= 0.3 is 0 Å². The minimum Gasteiger partial charge on any atom is -0.349 e. The minimum absolute atomic E-state index is 0.101. The summed E-state index contributed by atoms with van der Waals surface area (Å²) in [4.78, 5) is 31.9. The predicted molar refractivity (Wildman–Crippen MR) is 116 cm³/mol. The maximum atomic E-state index is 13.0. The Morgan fingerprint density at radius 1 is 1.19 bits per heavy atom. The molecule has 1 aliphatic carbocycles. The first-order chi connectivity index (χ1) is 15.0. The van der Waals surface area contributed by atoms with Gasteiger partial charge in [-0.15, -0.1) is 0 Å². The Hall–Kier alpha value is -3.22. The largest absolute Gasteiger partial charge is 0.349 e. The molecule has 0 spiro atoms. The van der Waals surface area contributed by atoms with Crippen molar-refractivity contribution in [1.29, 1.82) is 0 Å². The lowest BCUT2D eigenvalue weighted by molar-refractivity contribution is 0.0732. The molecule has 7 heteroatoms. The van der Waals surface area contributed by atoms with E-state index < -0.39 is 0 Å². The van der Waals surface area contributed by atoms with Gasteiger partial charge in [0.2, 0.25) is 0 Å². The fraction of sp³-hybridized carbons (Fsp3) is 0.417. The van der Waals surface area contributed by atoms with Gasteiger partial charge in [-0.25, -0.2) is 4.98 Å². The number of carbonyl (C=O) groups is 2. The van der Waals surface area contributed by atoms with E-state index in [1.807, 2.05) is 43.0 Å². The number of hydrogen-bond donors (Lipinski definition) is 1. The molecule has 31 heavy (non-hydrogen) atoms. The van der Waals surface area contributed by atoms with Crippen LogP contribution in [0.4, 0.5) is 0 Å². The number of pyridine rings is 1. The highest BCUT2D eigenvalue weighted by Crippen LogP contribution is 2.30. The van der Waals surface area contributed by atoms with Gasteiger partial charge in [-0.2, -0.15) is 0 Å². The van der Waals surface area contributed by atoms with Crippen LogP contribution in [-0.2, 0) is 6.54 Å². The average molecular weight is 418 g/mol. The number of carbonyl (C=O) groups excluding carboxylic acids is 2. The minimum atomic E-state index is -0.101. The van der Waals surface area contributed by atoms with E-state index >= 15 is 0 Å². The van der Waals surface area contributed by atoms with Gasteiger partial charge in [-0.05, 0) is 63.1 Å². The Bertz CT molecular complexity index is 1160. The molecule has 2 aromatic heterocycles. The second-order valence-electron chi connectivity index (χ2n) is 8.79. The van der Waals surface area contributed by atoms with Crippen molar-refractivity contribution in [2.45, 2.75) is 52.1 Å². The molecule has 1 N–H and O–H groups in total. The number of fused-ring (bicyclic) bond motifs is 2. The molecule has 0 atom stereocenters. The first-order valence-corrected chi connectivity index (χ1v) is 10.9. The lowest BCUT2D eigenvalue weighted by atomic mass is 9.85. The van der Waals surface area contributed by atoms with Crippen molar-refractivity contribution in [3.05, 3.63) is 58.4 Å². The Morgan fingerprint density at radius 3 is 2.74 bits per heavy atom. The summed E-state index contributed by atoms with van der Waals surface area (Å²) in [5, 5.41) is 7.83. The molecule has 1 aliphatic heterocycles. The first-order valence-electron chi connectivity index (χ1n) is 10.9. The van der Waals surface area contributed by atoms with Crippen LogP contribution in [0.1, 0.15) is 63.4 Å². The third kappa shape index (κ3) is 3.69. The van der Waals surface area contributed by atoms with Gasteiger partial charge in [0.05, 0.1) is 16.6 Å². The molecular weight excluding hydrogens is 392 g/mol. The summed E-state index contributed by atoms with van der Waals surface area (Å²) < 4.78 is 5.25. The summed E-state index contributed by atoms with van der Waals surface area (Å²) in [5.74, 6) is 0.518. The summed E-state index contributed by atoms with van der Waals surface area (Å²) in [6.07, 6.45) is 3.84. The number of nitrogens with zero attached hydrogens (tertiary/aromatic N) is 3. The normalized spacial score (nSPS) is 20.8. The molecule has 0 unspecified atom stereocenters. The van der Waals surface area contributed by atoms with Gasteiger partial charge in [0.1, 0.15) is 0 Å². The van der Waals surface area contributed by atoms with Gasteiger partial charge in [-0.1, -0.05) is 23.4 Å². The molecule has 0 bridgehead atoms. The Balaban J connectivity index is 1.19. The Kier molecular flexibility index (Phi) is 4.96. The molecule has 3 aromatic rings. The fourth-order valence-corrected chi connectivity index (χ4v) is 4.92. The van der Waals surface area contributed by atoms with E-state index in [1.54, 1.807) is 6.07 Å². The molecule has 0 saturated heterocycles. The zero-order valence-electron chi connectivity index (χ0n) is 17.9. The number of hydrogen-bond acceptors (Lipinski definition) is 5. The fourth-order valence-electron chi connectivity index (χ4n) is 4.92. The third-order valence-electron chi connectivity index (χ3n) is 6.55. The van der Waals surface area contributed by atoms with Crippen LogP contribution < -0.4 is 5.32 Å². The van der Waals surface area contributed by atoms with E-state index in [0.717, 1.165) is 49.0 Å².